The number of hydrogen-bond acceptors (Lipinski definition) is 4. The number of allylic oxidation sites excluding steroid dienone is 1. The Morgan fingerprint density at radius 1 is 1.24 bits per heavy atom. The van der Waals surface area contributed by atoms with E-state index in [0.717, 1.165) is 24.4 Å². The van der Waals surface area contributed by atoms with Gasteiger partial charge in [0.05, 0.1) is 12.1 Å². The van der Waals surface area contributed by atoms with E-state index in [-0.39, 0.29) is 0 Å². The molecule has 0 saturated heterocycles. The lowest BCUT2D eigenvalue weighted by Gasteiger charge is -2.24. The van der Waals surface area contributed by atoms with E-state index in [1.165, 1.54) is 5.56 Å². The summed E-state index contributed by atoms with van der Waals surface area (Å²) in [5.74, 6) is 0.685. The Labute approximate surface area is 153 Å². The van der Waals surface area contributed by atoms with Crippen molar-refractivity contribution >= 4 is 17.8 Å². The highest BCUT2D eigenvalue weighted by atomic mass is 35.5. The van der Waals surface area contributed by atoms with Gasteiger partial charge in [-0.15, -0.1) is 0 Å². The van der Waals surface area contributed by atoms with Crippen LogP contribution in [0, 0.1) is 0 Å². The van der Waals surface area contributed by atoms with E-state index in [4.69, 9.17) is 21.4 Å². The van der Waals surface area contributed by atoms with Crippen molar-refractivity contribution in [2.24, 2.45) is 5.10 Å². The van der Waals surface area contributed by atoms with Crippen molar-refractivity contribution in [2.75, 3.05) is 13.7 Å². The lowest BCUT2D eigenvalue weighted by molar-refractivity contribution is -0.895. The quantitative estimate of drug-likeness (QED) is 0.768. The number of halogens is 1. The topological polar surface area (TPSA) is 46.5 Å². The normalized spacial score (nSPS) is 18.9. The Morgan fingerprint density at radius 3 is 2.80 bits per heavy atom. The molecule has 0 aliphatic carbocycles. The van der Waals surface area contributed by atoms with Gasteiger partial charge < -0.3 is 10.1 Å². The number of pyridine rings is 1. The molecule has 0 saturated carbocycles. The molecule has 1 atom stereocenters. The lowest BCUT2D eigenvalue weighted by atomic mass is 10.2. The summed E-state index contributed by atoms with van der Waals surface area (Å²) in [5.41, 5.74) is 3.27. The molecule has 3 rings (SSSR count). The van der Waals surface area contributed by atoms with Crippen LogP contribution in [0.3, 0.4) is 0 Å². The van der Waals surface area contributed by atoms with Crippen LogP contribution in [-0.4, -0.2) is 29.4 Å². The maximum absolute atomic E-state index is 6.18. The Morgan fingerprint density at radius 2 is 2.12 bits per heavy atom. The van der Waals surface area contributed by atoms with Gasteiger partial charge in [-0.2, -0.15) is 4.59 Å². The highest BCUT2D eigenvalue weighted by Crippen LogP contribution is 2.25. The molecular formula is C19H22ClN4O+. The zero-order chi connectivity index (χ0) is 17.7. The highest BCUT2D eigenvalue weighted by molar-refractivity contribution is 6.32. The van der Waals surface area contributed by atoms with E-state index in [1.54, 1.807) is 13.3 Å². The Kier molecular flexibility index (Phi) is 5.36. The van der Waals surface area contributed by atoms with Crippen LogP contribution in [0.15, 0.2) is 59.7 Å². The van der Waals surface area contributed by atoms with Gasteiger partial charge in [-0.3, -0.25) is 4.98 Å². The molecular weight excluding hydrogens is 336 g/mol. The van der Waals surface area contributed by atoms with Crippen molar-refractivity contribution in [3.05, 3.63) is 70.8 Å². The number of ether oxygens (including phenoxy) is 1. The first-order valence-corrected chi connectivity index (χ1v) is 8.62. The minimum absolute atomic E-state index is 0.539. The van der Waals surface area contributed by atoms with Crippen LogP contribution in [0.4, 0.5) is 0 Å². The standard InChI is InChI=1S/C19H22ClN4O/c1-3-24(13-16-5-4-8-21-10-16)14-17(12-23-24)22-11-15-6-7-19(25-2)18(20)9-15/h4-10,12,14,22H,3,11,13H2,1-2H3/q+1. The molecule has 0 amide bonds. The second-order valence-electron chi connectivity index (χ2n) is 5.97. The molecule has 0 spiro atoms. The molecule has 1 aliphatic heterocycles. The summed E-state index contributed by atoms with van der Waals surface area (Å²) in [6.07, 6.45) is 7.72. The number of rotatable bonds is 7. The van der Waals surface area contributed by atoms with Crippen LogP contribution in [0.1, 0.15) is 18.1 Å². The number of benzene rings is 1. The average Bonchev–Trinajstić information content (AvgIpc) is 3.04. The number of methoxy groups -OCH3 is 1. The van der Waals surface area contributed by atoms with Gasteiger partial charge in [-0.25, -0.2) is 0 Å². The summed E-state index contributed by atoms with van der Waals surface area (Å²) in [6, 6.07) is 9.83. The summed E-state index contributed by atoms with van der Waals surface area (Å²) in [7, 11) is 1.61. The van der Waals surface area contributed by atoms with Crippen molar-refractivity contribution in [1.82, 2.24) is 10.3 Å². The van der Waals surface area contributed by atoms with E-state index in [9.17, 15) is 0 Å². The van der Waals surface area contributed by atoms with E-state index >= 15 is 0 Å². The van der Waals surface area contributed by atoms with E-state index in [2.05, 4.69) is 29.5 Å². The van der Waals surface area contributed by atoms with Crippen LogP contribution in [0.2, 0.25) is 5.02 Å². The largest absolute Gasteiger partial charge is 0.495 e. The van der Waals surface area contributed by atoms with Crippen molar-refractivity contribution in [2.45, 2.75) is 20.0 Å². The first-order valence-electron chi connectivity index (χ1n) is 8.24. The summed E-state index contributed by atoms with van der Waals surface area (Å²) in [4.78, 5) is 4.19. The third-order valence-electron chi connectivity index (χ3n) is 4.25. The molecule has 25 heavy (non-hydrogen) atoms. The predicted octanol–water partition coefficient (Wildman–Crippen LogP) is 3.71. The fraction of sp³-hybridized carbons (Fsp3) is 0.263. The molecule has 0 fully saturated rings. The third-order valence-corrected chi connectivity index (χ3v) is 4.54. The summed E-state index contributed by atoms with van der Waals surface area (Å²) in [5, 5.41) is 8.74. The lowest BCUT2D eigenvalue weighted by Crippen LogP contribution is -2.34. The van der Waals surface area contributed by atoms with Gasteiger partial charge in [-0.1, -0.05) is 28.8 Å². The van der Waals surface area contributed by atoms with E-state index < -0.39 is 0 Å². The molecule has 1 aromatic heterocycles. The molecule has 1 aromatic carbocycles. The van der Waals surface area contributed by atoms with Crippen molar-refractivity contribution in [3.63, 3.8) is 0 Å². The number of quaternary nitrogens is 1. The number of aromatic nitrogens is 1. The Hall–Kier alpha value is -2.37. The molecule has 5 nitrogen and oxygen atoms in total. The summed E-state index contributed by atoms with van der Waals surface area (Å²) in [6.45, 7) is 4.49. The minimum atomic E-state index is 0.539. The zero-order valence-electron chi connectivity index (χ0n) is 14.4. The minimum Gasteiger partial charge on any atom is -0.495 e. The molecule has 0 radical (unpaired) electrons. The Balaban J connectivity index is 1.66. The van der Waals surface area contributed by atoms with E-state index in [1.807, 2.05) is 36.7 Å². The first-order chi connectivity index (χ1) is 12.1. The molecule has 1 aliphatic rings. The van der Waals surface area contributed by atoms with Gasteiger partial charge in [0.15, 0.2) is 0 Å². The van der Waals surface area contributed by atoms with Gasteiger partial charge in [0.2, 0.25) is 0 Å². The smallest absolute Gasteiger partial charge is 0.148 e. The third kappa shape index (κ3) is 4.18. The highest BCUT2D eigenvalue weighted by Gasteiger charge is 2.28. The number of nitrogens with one attached hydrogen (secondary N) is 1. The molecule has 1 unspecified atom stereocenters. The molecule has 2 heterocycles. The second-order valence-corrected chi connectivity index (χ2v) is 6.38. The van der Waals surface area contributed by atoms with Crippen molar-refractivity contribution in [3.8, 4) is 5.75 Å². The number of hydrogen-bond donors (Lipinski definition) is 1. The van der Waals surface area contributed by atoms with Gasteiger partial charge in [-0.05, 0) is 30.7 Å². The maximum atomic E-state index is 6.18. The molecule has 6 heteroatoms. The maximum Gasteiger partial charge on any atom is 0.148 e. The molecule has 0 bridgehead atoms. The predicted molar refractivity (Wildman–Crippen MR) is 100 cm³/mol. The van der Waals surface area contributed by atoms with Crippen LogP contribution >= 0.6 is 11.6 Å². The van der Waals surface area contributed by atoms with Crippen LogP contribution < -0.4 is 10.1 Å². The average molecular weight is 358 g/mol. The Bertz CT molecular complexity index is 791. The van der Waals surface area contributed by atoms with Gasteiger partial charge in [0, 0.05) is 24.5 Å². The zero-order valence-corrected chi connectivity index (χ0v) is 15.2. The van der Waals surface area contributed by atoms with Crippen LogP contribution in [-0.2, 0) is 13.1 Å². The van der Waals surface area contributed by atoms with Crippen molar-refractivity contribution < 1.29 is 9.33 Å². The van der Waals surface area contributed by atoms with Crippen molar-refractivity contribution in [1.29, 1.82) is 0 Å². The summed E-state index contributed by atoms with van der Waals surface area (Å²) < 4.78 is 5.72. The van der Waals surface area contributed by atoms with Gasteiger partial charge in [0.1, 0.15) is 37.0 Å². The van der Waals surface area contributed by atoms with Gasteiger partial charge >= 0.3 is 0 Å². The van der Waals surface area contributed by atoms with Gasteiger partial charge in [0.25, 0.3) is 0 Å². The van der Waals surface area contributed by atoms with E-state index in [0.29, 0.717) is 21.9 Å². The molecule has 1 N–H and O–H groups in total. The van der Waals surface area contributed by atoms with Crippen LogP contribution in [0.25, 0.3) is 0 Å². The molecule has 130 valence electrons. The van der Waals surface area contributed by atoms with Crippen LogP contribution in [0.5, 0.6) is 5.75 Å². The number of nitrogens with zero attached hydrogens (tertiary/aromatic N) is 3. The monoisotopic (exact) mass is 357 g/mol. The fourth-order valence-electron chi connectivity index (χ4n) is 2.80. The fourth-order valence-corrected chi connectivity index (χ4v) is 3.08. The SMILES string of the molecule is CC[N+]1(Cc2cccnc2)C=C(NCc2ccc(OC)c(Cl)c2)C=N1. The second kappa shape index (κ2) is 7.68. The molecule has 2 aromatic rings. The summed E-state index contributed by atoms with van der Waals surface area (Å²) >= 11 is 6.18. The first kappa shape index (κ1) is 17.5.